The molecule has 1 aromatic carbocycles. The van der Waals surface area contributed by atoms with Gasteiger partial charge in [0.15, 0.2) is 0 Å². The summed E-state index contributed by atoms with van der Waals surface area (Å²) in [4.78, 5) is 11.7. The molecule has 4 nitrogen and oxygen atoms in total. The number of hydrogen-bond acceptors (Lipinski definition) is 4. The van der Waals surface area contributed by atoms with Gasteiger partial charge in [-0.1, -0.05) is 37.3 Å². The van der Waals surface area contributed by atoms with Crippen molar-refractivity contribution in [3.05, 3.63) is 35.9 Å². The molecule has 6 heteroatoms. The van der Waals surface area contributed by atoms with Gasteiger partial charge in [-0.3, -0.25) is 4.79 Å². The van der Waals surface area contributed by atoms with Crippen molar-refractivity contribution in [2.45, 2.75) is 19.3 Å². The van der Waals surface area contributed by atoms with Gasteiger partial charge in [-0.15, -0.1) is 0 Å². The van der Waals surface area contributed by atoms with Gasteiger partial charge >= 0.3 is 7.12 Å². The van der Waals surface area contributed by atoms with Crippen molar-refractivity contribution in [1.29, 1.82) is 0 Å². The molecule has 0 unspecified atom stereocenters. The molecule has 1 rings (SSSR count). The van der Waals surface area contributed by atoms with Gasteiger partial charge in [-0.2, -0.15) is 12.6 Å². The molecule has 0 aliphatic carbocycles. The minimum atomic E-state index is -1.58. The summed E-state index contributed by atoms with van der Waals surface area (Å²) in [6, 6.07) is 9.38. The van der Waals surface area contributed by atoms with Gasteiger partial charge in [0.2, 0.25) is 5.91 Å². The molecule has 18 heavy (non-hydrogen) atoms. The van der Waals surface area contributed by atoms with E-state index in [-0.39, 0.29) is 11.8 Å². The molecule has 0 aromatic heterocycles. The first-order valence-electron chi connectivity index (χ1n) is 5.86. The van der Waals surface area contributed by atoms with Gasteiger partial charge in [0.1, 0.15) is 0 Å². The Morgan fingerprint density at radius 2 is 2.00 bits per heavy atom. The van der Waals surface area contributed by atoms with Crippen LogP contribution in [0.25, 0.3) is 0 Å². The van der Waals surface area contributed by atoms with Crippen LogP contribution >= 0.6 is 12.6 Å². The first-order valence-corrected chi connectivity index (χ1v) is 6.49. The Kier molecular flexibility index (Phi) is 6.25. The van der Waals surface area contributed by atoms with Crippen LogP contribution < -0.4 is 5.32 Å². The van der Waals surface area contributed by atoms with Crippen LogP contribution in [0.2, 0.25) is 0 Å². The highest BCUT2D eigenvalue weighted by atomic mass is 32.1. The van der Waals surface area contributed by atoms with Crippen molar-refractivity contribution in [3.63, 3.8) is 0 Å². The molecular weight excluding hydrogens is 249 g/mol. The zero-order chi connectivity index (χ0) is 13.5. The van der Waals surface area contributed by atoms with Crippen LogP contribution in [0, 0.1) is 5.92 Å². The summed E-state index contributed by atoms with van der Waals surface area (Å²) < 4.78 is 0. The normalized spacial score (nSPS) is 13.8. The molecule has 0 saturated carbocycles. The summed E-state index contributed by atoms with van der Waals surface area (Å²) in [6.07, 6.45) is 0.379. The number of amides is 1. The molecule has 0 aliphatic heterocycles. The highest BCUT2D eigenvalue weighted by Gasteiger charge is 2.26. The summed E-state index contributed by atoms with van der Waals surface area (Å²) in [5, 5.41) is 21.2. The van der Waals surface area contributed by atoms with Crippen LogP contribution in [0.1, 0.15) is 12.5 Å². The van der Waals surface area contributed by atoms with E-state index in [0.717, 1.165) is 5.56 Å². The maximum atomic E-state index is 11.7. The molecule has 0 heterocycles. The summed E-state index contributed by atoms with van der Waals surface area (Å²) in [6.45, 7) is 1.74. The second-order valence-corrected chi connectivity index (χ2v) is 4.67. The Bertz CT molecular complexity index is 375. The van der Waals surface area contributed by atoms with Gasteiger partial charge < -0.3 is 15.4 Å². The third-order valence-electron chi connectivity index (χ3n) is 2.71. The lowest BCUT2D eigenvalue weighted by Gasteiger charge is -2.19. The molecule has 98 valence electrons. The molecule has 1 aromatic rings. The zero-order valence-corrected chi connectivity index (χ0v) is 11.2. The van der Waals surface area contributed by atoms with Crippen LogP contribution in [-0.4, -0.2) is 34.8 Å². The Morgan fingerprint density at radius 1 is 1.39 bits per heavy atom. The molecule has 0 aliphatic rings. The van der Waals surface area contributed by atoms with Crippen LogP contribution in [0.15, 0.2) is 30.3 Å². The fourth-order valence-corrected chi connectivity index (χ4v) is 1.67. The number of rotatable bonds is 6. The van der Waals surface area contributed by atoms with Crippen molar-refractivity contribution in [1.82, 2.24) is 5.32 Å². The second-order valence-electron chi connectivity index (χ2n) is 4.30. The van der Waals surface area contributed by atoms with Crippen LogP contribution in [0.5, 0.6) is 0 Å². The minimum Gasteiger partial charge on any atom is -0.426 e. The second kappa shape index (κ2) is 7.46. The van der Waals surface area contributed by atoms with Crippen molar-refractivity contribution in [2.75, 3.05) is 5.75 Å². The minimum absolute atomic E-state index is 0.223. The summed E-state index contributed by atoms with van der Waals surface area (Å²) in [5.74, 6) is -0.766. The summed E-state index contributed by atoms with van der Waals surface area (Å²) >= 11 is 4.04. The predicted molar refractivity (Wildman–Crippen MR) is 75.3 cm³/mol. The van der Waals surface area contributed by atoms with Crippen LogP contribution in [0.3, 0.4) is 0 Å². The molecule has 0 saturated heterocycles. The molecule has 1 amide bonds. The topological polar surface area (TPSA) is 69.6 Å². The average molecular weight is 267 g/mol. The molecular formula is C12H18BNO3S. The number of hydrogen-bond donors (Lipinski definition) is 4. The predicted octanol–water partition coefficient (Wildman–Crippen LogP) is 0.292. The quantitative estimate of drug-likeness (QED) is 0.442. The molecule has 2 atom stereocenters. The van der Waals surface area contributed by atoms with Crippen molar-refractivity contribution in [2.24, 2.45) is 5.92 Å². The van der Waals surface area contributed by atoms with Crippen molar-refractivity contribution >= 4 is 25.7 Å². The Morgan fingerprint density at radius 3 is 2.50 bits per heavy atom. The number of thiol groups is 1. The van der Waals surface area contributed by atoms with Crippen LogP contribution in [0.4, 0.5) is 0 Å². The third kappa shape index (κ3) is 4.72. The van der Waals surface area contributed by atoms with Crippen molar-refractivity contribution in [3.8, 4) is 0 Å². The van der Waals surface area contributed by atoms with Gasteiger partial charge in [0, 0.05) is 11.7 Å². The Balaban J connectivity index is 2.64. The van der Waals surface area contributed by atoms with Gasteiger partial charge in [-0.25, -0.2) is 0 Å². The number of nitrogens with one attached hydrogen (secondary N) is 1. The van der Waals surface area contributed by atoms with Gasteiger partial charge in [0.05, 0.1) is 5.94 Å². The molecule has 0 fully saturated rings. The lowest BCUT2D eigenvalue weighted by Crippen LogP contribution is -2.49. The van der Waals surface area contributed by atoms with E-state index in [9.17, 15) is 14.8 Å². The highest BCUT2D eigenvalue weighted by molar-refractivity contribution is 7.80. The SMILES string of the molecule is C[C@H](CS)C(=O)N[C@H](Cc1ccccc1)B(O)O. The molecule has 0 radical (unpaired) electrons. The third-order valence-corrected chi connectivity index (χ3v) is 3.26. The van der Waals surface area contributed by atoms with Gasteiger partial charge in [0.25, 0.3) is 0 Å². The van der Waals surface area contributed by atoms with Crippen molar-refractivity contribution < 1.29 is 14.8 Å². The van der Waals surface area contributed by atoms with Gasteiger partial charge in [-0.05, 0) is 12.0 Å². The van der Waals surface area contributed by atoms with E-state index in [1.807, 2.05) is 30.3 Å². The van der Waals surface area contributed by atoms with E-state index in [1.165, 1.54) is 0 Å². The molecule has 0 bridgehead atoms. The Hall–Kier alpha value is -0.975. The molecule has 0 spiro atoms. The lowest BCUT2D eigenvalue weighted by atomic mass is 9.75. The largest absolute Gasteiger partial charge is 0.475 e. The summed E-state index contributed by atoms with van der Waals surface area (Å²) in [7, 11) is -1.58. The van der Waals surface area contributed by atoms with E-state index in [2.05, 4.69) is 17.9 Å². The standard InChI is InChI=1S/C12H18BNO3S/c1-9(8-18)12(15)14-11(13(16)17)7-10-5-3-2-4-6-10/h2-6,9,11,16-18H,7-8H2,1H3,(H,14,15)/t9-,11-/m1/s1. The maximum absolute atomic E-state index is 11.7. The van der Waals surface area contributed by atoms with E-state index in [4.69, 9.17) is 0 Å². The lowest BCUT2D eigenvalue weighted by molar-refractivity contribution is -0.124. The fraction of sp³-hybridized carbons (Fsp3) is 0.417. The summed E-state index contributed by atoms with van der Waals surface area (Å²) in [5.41, 5.74) is 0.939. The first-order chi connectivity index (χ1) is 8.54. The number of benzene rings is 1. The van der Waals surface area contributed by atoms with E-state index in [0.29, 0.717) is 12.2 Å². The average Bonchev–Trinajstić information content (AvgIpc) is 2.37. The van der Waals surface area contributed by atoms with E-state index < -0.39 is 13.1 Å². The fourth-order valence-electron chi connectivity index (χ4n) is 1.51. The maximum Gasteiger partial charge on any atom is 0.475 e. The number of carbonyl (C=O) groups excluding carboxylic acids is 1. The van der Waals surface area contributed by atoms with E-state index >= 15 is 0 Å². The monoisotopic (exact) mass is 267 g/mol. The highest BCUT2D eigenvalue weighted by Crippen LogP contribution is 2.06. The van der Waals surface area contributed by atoms with E-state index in [1.54, 1.807) is 6.92 Å². The smallest absolute Gasteiger partial charge is 0.426 e. The zero-order valence-electron chi connectivity index (χ0n) is 10.3. The Labute approximate surface area is 113 Å². The molecule has 3 N–H and O–H groups in total. The first kappa shape index (κ1) is 15.1. The van der Waals surface area contributed by atoms with Crippen LogP contribution in [-0.2, 0) is 11.2 Å². The number of carbonyl (C=O) groups is 1.